The van der Waals surface area contributed by atoms with Gasteiger partial charge >= 0.3 is 12.4 Å². The molecule has 1 fully saturated rings. The summed E-state index contributed by atoms with van der Waals surface area (Å²) in [5.74, 6) is -7.45. The zero-order valence-electron chi connectivity index (χ0n) is 32.1. The number of carbonyl (C=O) groups is 2. The molecule has 0 spiro atoms. The maximum Gasteiger partial charge on any atom is 0.428 e. The van der Waals surface area contributed by atoms with Crippen molar-refractivity contribution >= 4 is 92.8 Å². The van der Waals surface area contributed by atoms with E-state index in [1.807, 2.05) is 0 Å². The normalized spacial score (nSPS) is 21.2. The zero-order chi connectivity index (χ0) is 47.7. The molecule has 0 bridgehead atoms. The molecule has 65 heavy (non-hydrogen) atoms. The Bertz CT molecular complexity index is 2630. The van der Waals surface area contributed by atoms with Gasteiger partial charge in [-0.2, -0.15) is 26.3 Å². The summed E-state index contributed by atoms with van der Waals surface area (Å²) in [6.45, 7) is -1.05. The number of hydrogen-bond donors (Lipinski definition) is 4. The molecule has 2 atom stereocenters. The number of rotatable bonds is 11. The first kappa shape index (κ1) is 48.8. The van der Waals surface area contributed by atoms with Crippen molar-refractivity contribution in [1.29, 1.82) is 0 Å². The van der Waals surface area contributed by atoms with Crippen LogP contribution in [0.15, 0.2) is 72.8 Å². The van der Waals surface area contributed by atoms with E-state index >= 15 is 4.39 Å². The third-order valence-electron chi connectivity index (χ3n) is 10.8. The van der Waals surface area contributed by atoms with Gasteiger partial charge in [0, 0.05) is 65.2 Å². The first-order valence-electron chi connectivity index (χ1n) is 18.5. The van der Waals surface area contributed by atoms with Gasteiger partial charge in [-0.25, -0.2) is 17.6 Å². The molecular weight excluding hydrogens is 1020 g/mol. The highest BCUT2D eigenvalue weighted by Gasteiger charge is 2.62. The Morgan fingerprint density at radius 2 is 1.09 bits per heavy atom. The van der Waals surface area contributed by atoms with Crippen LogP contribution in [-0.2, 0) is 43.6 Å². The smallest absolute Gasteiger partial charge is 0.352 e. The lowest BCUT2D eigenvalue weighted by atomic mass is 9.63. The van der Waals surface area contributed by atoms with Gasteiger partial charge in [-0.3, -0.25) is 30.2 Å². The monoisotopic (exact) mass is 1040 g/mol. The van der Waals surface area contributed by atoms with Gasteiger partial charge in [-0.1, -0.05) is 75.7 Å². The van der Waals surface area contributed by atoms with E-state index in [4.69, 9.17) is 79.3 Å². The summed E-state index contributed by atoms with van der Waals surface area (Å²) in [6.07, 6.45) is -11.9. The molecule has 8 nitrogen and oxygen atoms in total. The van der Waals surface area contributed by atoms with Gasteiger partial charge in [0.05, 0.1) is 41.9 Å². The summed E-state index contributed by atoms with van der Waals surface area (Å²) < 4.78 is 145. The van der Waals surface area contributed by atoms with Gasteiger partial charge in [-0.15, -0.1) is 0 Å². The molecule has 4 N–H and O–H groups in total. The van der Waals surface area contributed by atoms with Gasteiger partial charge in [0.15, 0.2) is 5.82 Å². The number of benzene rings is 4. The van der Waals surface area contributed by atoms with Crippen molar-refractivity contribution in [3.05, 3.63) is 148 Å². The van der Waals surface area contributed by atoms with Gasteiger partial charge < -0.3 is 10.6 Å². The highest BCUT2D eigenvalue weighted by molar-refractivity contribution is 6.48. The minimum absolute atomic E-state index is 0.0438. The molecule has 1 aliphatic carbocycles. The minimum Gasteiger partial charge on any atom is -0.352 e. The molecule has 1 saturated carbocycles. The van der Waals surface area contributed by atoms with Gasteiger partial charge in [0.2, 0.25) is 28.9 Å². The summed E-state index contributed by atoms with van der Waals surface area (Å²) >= 11 is 35.8. The van der Waals surface area contributed by atoms with Crippen LogP contribution >= 0.6 is 69.6 Å². The maximum absolute atomic E-state index is 15.1. The van der Waals surface area contributed by atoms with E-state index in [-0.39, 0.29) is 60.3 Å². The molecule has 4 aromatic rings. The fourth-order valence-electron chi connectivity index (χ4n) is 7.50. The van der Waals surface area contributed by atoms with Crippen molar-refractivity contribution in [3.63, 3.8) is 0 Å². The van der Waals surface area contributed by atoms with Crippen LogP contribution in [0, 0.1) is 17.0 Å². The number of carbonyl (C=O) groups excluding carboxylic acids is 2. The van der Waals surface area contributed by atoms with E-state index in [0.29, 0.717) is 18.2 Å². The molecule has 2 heterocycles. The third-order valence-corrected chi connectivity index (χ3v) is 12.9. The van der Waals surface area contributed by atoms with Crippen LogP contribution in [0.3, 0.4) is 0 Å². The molecule has 3 aliphatic rings. The summed E-state index contributed by atoms with van der Waals surface area (Å²) in [6, 6.07) is 10.2. The number of nitrogens with one attached hydrogen (secondary N) is 4. The Balaban J connectivity index is 1.05. The van der Waals surface area contributed by atoms with Crippen molar-refractivity contribution in [3.8, 4) is 0 Å². The molecule has 24 heteroatoms. The Kier molecular flexibility index (Phi) is 13.1. The predicted octanol–water partition coefficient (Wildman–Crippen LogP) is 12.3. The van der Waals surface area contributed by atoms with E-state index in [9.17, 15) is 49.1 Å². The van der Waals surface area contributed by atoms with Gasteiger partial charge in [-0.05, 0) is 72.3 Å². The van der Waals surface area contributed by atoms with E-state index in [1.165, 1.54) is 18.2 Å². The average molecular weight is 1040 g/mol. The zero-order valence-corrected chi connectivity index (χ0v) is 36.7. The fraction of sp³-hybridized carbons (Fsp3) is 0.268. The third kappa shape index (κ3) is 9.29. The van der Waals surface area contributed by atoms with Crippen LogP contribution in [0.2, 0.25) is 30.1 Å². The largest absolute Gasteiger partial charge is 0.428 e. The van der Waals surface area contributed by atoms with Gasteiger partial charge in [0.1, 0.15) is 5.82 Å². The molecule has 0 saturated heterocycles. The van der Waals surface area contributed by atoms with Crippen molar-refractivity contribution < 1.29 is 63.2 Å². The van der Waals surface area contributed by atoms with Crippen LogP contribution in [-0.4, -0.2) is 30.1 Å². The lowest BCUT2D eigenvalue weighted by Crippen LogP contribution is -2.56. The molecule has 4 aromatic carbocycles. The number of amides is 2. The minimum atomic E-state index is -5.18. The fourth-order valence-corrected chi connectivity index (χ4v) is 8.76. The van der Waals surface area contributed by atoms with E-state index < -0.39 is 105 Å². The van der Waals surface area contributed by atoms with Crippen LogP contribution in [0.4, 0.5) is 43.9 Å². The van der Waals surface area contributed by atoms with Crippen LogP contribution in [0.1, 0.15) is 52.6 Å². The summed E-state index contributed by atoms with van der Waals surface area (Å²) in [5.41, 5.74) is -5.78. The Labute approximate surface area is 391 Å². The summed E-state index contributed by atoms with van der Waals surface area (Å²) in [7, 11) is 0. The first-order chi connectivity index (χ1) is 30.2. The average Bonchev–Trinajstić information content (AvgIpc) is 3.88. The topological polar surface area (TPSA) is 101 Å². The highest BCUT2D eigenvalue weighted by atomic mass is 35.5. The standard InChI is InChI=1S/C41H26Cl6F10N4O4/c42-24-3-1-18(30-11-38(64-60-30,40(52,53)54)22-7-25(43)33(47)26(44)8-22)5-20(24)14-58-32(62)13-36(16-37(50,51)17-36)35(63)59-15-21-6-19(2-4-29(21)48)31-12-39(65-61-31,41(55,56)57)23-9-27(45)34(49)28(46)10-23/h1-12,60-61H,13-17H2,(H,58,62)(H,59,63). The van der Waals surface area contributed by atoms with E-state index in [1.54, 1.807) is 0 Å². The molecule has 2 aliphatic heterocycles. The molecular formula is C41H26Cl6F10N4O4. The molecule has 7 rings (SSSR count). The van der Waals surface area contributed by atoms with E-state index in [2.05, 4.69) is 21.6 Å². The number of hydroxylamine groups is 2. The second-order valence-corrected chi connectivity index (χ2v) is 17.7. The predicted molar refractivity (Wildman–Crippen MR) is 221 cm³/mol. The first-order valence-corrected chi connectivity index (χ1v) is 20.7. The second-order valence-electron chi connectivity index (χ2n) is 15.2. The lowest BCUT2D eigenvalue weighted by Gasteiger charge is -2.45. The molecule has 0 aromatic heterocycles. The quantitative estimate of drug-likeness (QED) is 0.0882. The summed E-state index contributed by atoms with van der Waals surface area (Å²) in [5, 5.41) is 2.68. The second kappa shape index (κ2) is 17.5. The van der Waals surface area contributed by atoms with Crippen molar-refractivity contribution in [1.82, 2.24) is 21.6 Å². The maximum atomic E-state index is 15.1. The van der Waals surface area contributed by atoms with Crippen molar-refractivity contribution in [2.24, 2.45) is 5.41 Å². The SMILES string of the molecule is O=C(CC1(C(=O)NCc2cc(C3=CC(c4cc(Cl)c(F)c(Cl)c4)(C(F)(F)F)ON3)ccc2F)CC(F)(F)C1)NCc1cc(C2=CC(c3cc(Cl)c(Cl)c(Cl)c3)(C(F)(F)F)ON2)ccc1Cl. The lowest BCUT2D eigenvalue weighted by molar-refractivity contribution is -0.269. The van der Waals surface area contributed by atoms with Crippen molar-refractivity contribution in [2.75, 3.05) is 0 Å². The molecule has 346 valence electrons. The number of hydrogen-bond acceptors (Lipinski definition) is 6. The Morgan fingerprint density at radius 1 is 0.631 bits per heavy atom. The van der Waals surface area contributed by atoms with E-state index in [0.717, 1.165) is 36.4 Å². The molecule has 2 unspecified atom stereocenters. The highest BCUT2D eigenvalue weighted by Crippen LogP contribution is 2.55. The Hall–Kier alpha value is -4.14. The Morgan fingerprint density at radius 3 is 1.58 bits per heavy atom. The molecule has 0 radical (unpaired) electrons. The van der Waals surface area contributed by atoms with Crippen LogP contribution in [0.25, 0.3) is 11.4 Å². The van der Waals surface area contributed by atoms with Crippen LogP contribution in [0.5, 0.6) is 0 Å². The van der Waals surface area contributed by atoms with Gasteiger partial charge in [0.25, 0.3) is 0 Å². The number of alkyl halides is 8. The molecule has 2 amide bonds. The number of halogens is 16. The summed E-state index contributed by atoms with van der Waals surface area (Å²) in [4.78, 5) is 36.8. The van der Waals surface area contributed by atoms with Crippen LogP contribution < -0.4 is 21.6 Å². The van der Waals surface area contributed by atoms with Crippen molar-refractivity contribution in [2.45, 2.75) is 61.8 Å².